The molecule has 2 atom stereocenters. The van der Waals surface area contributed by atoms with Gasteiger partial charge in [-0.15, -0.1) is 0 Å². The molecule has 0 aromatic heterocycles. The van der Waals surface area contributed by atoms with Crippen molar-refractivity contribution in [2.45, 2.75) is 354 Å². The van der Waals surface area contributed by atoms with Crippen molar-refractivity contribution in [1.82, 2.24) is 0 Å². The number of phosphoric acid groups is 1. The van der Waals surface area contributed by atoms with E-state index in [9.17, 15) is 19.0 Å². The average Bonchev–Trinajstić information content (AvgIpc) is 3.68. The predicted molar refractivity (Wildman–Crippen MR) is 381 cm³/mol. The zero-order chi connectivity index (χ0) is 64.1. The lowest BCUT2D eigenvalue weighted by Gasteiger charge is -2.24. The second kappa shape index (κ2) is 68.6. The minimum atomic E-state index is -4.39. The Labute approximate surface area is 545 Å². The van der Waals surface area contributed by atoms with Crippen LogP contribution >= 0.6 is 7.82 Å². The molecule has 0 saturated carbocycles. The highest BCUT2D eigenvalue weighted by Gasteiger charge is 2.27. The second-order valence-electron chi connectivity index (χ2n) is 26.3. The minimum absolute atomic E-state index is 0.0318. The van der Waals surface area contributed by atoms with E-state index in [2.05, 4.69) is 98.9 Å². The van der Waals surface area contributed by atoms with E-state index in [1.54, 1.807) is 0 Å². The molecule has 10 heteroatoms. The monoisotopic (exact) mass is 1250 g/mol. The number of rotatable bonds is 69. The number of unbranched alkanes of at least 4 members (excludes halogenated alkanes) is 41. The lowest BCUT2D eigenvalue weighted by Crippen LogP contribution is -2.37. The minimum Gasteiger partial charge on any atom is -0.462 e. The molecule has 1 N–H and O–H groups in total. The normalized spacial score (nSPS) is 13.6. The first kappa shape index (κ1) is 85.2. The molecule has 0 fully saturated rings. The number of phosphoric ester groups is 1. The van der Waals surface area contributed by atoms with E-state index >= 15 is 0 Å². The molecule has 2 unspecified atom stereocenters. The van der Waals surface area contributed by atoms with Crippen LogP contribution in [0.2, 0.25) is 0 Å². The first-order valence-electron chi connectivity index (χ1n) is 37.3. The highest BCUT2D eigenvalue weighted by molar-refractivity contribution is 7.47. The van der Waals surface area contributed by atoms with Gasteiger partial charge in [0, 0.05) is 12.8 Å². The molecular formula is C78H143NO8P+. The number of carbonyl (C=O) groups is 2. The third-order valence-electron chi connectivity index (χ3n) is 16.4. The number of quaternary nitrogens is 1. The highest BCUT2D eigenvalue weighted by Crippen LogP contribution is 2.43. The summed E-state index contributed by atoms with van der Waals surface area (Å²) in [6, 6.07) is 0. The number of carbonyl (C=O) groups excluding carboxylic acids is 2. The van der Waals surface area contributed by atoms with E-state index in [1.807, 2.05) is 21.1 Å². The molecule has 88 heavy (non-hydrogen) atoms. The maximum Gasteiger partial charge on any atom is 0.472 e. The van der Waals surface area contributed by atoms with Gasteiger partial charge in [0.25, 0.3) is 0 Å². The third-order valence-corrected chi connectivity index (χ3v) is 17.4. The molecular weight excluding hydrogens is 1110 g/mol. The van der Waals surface area contributed by atoms with Crippen molar-refractivity contribution in [3.63, 3.8) is 0 Å². The van der Waals surface area contributed by atoms with Crippen molar-refractivity contribution in [1.29, 1.82) is 0 Å². The standard InChI is InChI=1S/C78H142NO8P/c1-6-8-10-12-14-16-18-20-22-24-26-28-30-32-34-35-36-37-38-39-40-41-42-43-45-47-49-51-53-55-57-59-61-63-65-67-69-71-78(81)87-76(75-86-88(82,83)85-73-72-79(3,4)5)74-84-77(80)70-68-66-64-62-60-58-56-54-52-50-48-46-44-33-31-29-27-25-23-21-19-17-15-13-11-9-7-2/h8,10,14,16,20,22,26,28,32,34,36-37,39-40,76H,6-7,9,11-13,15,17-19,21,23-25,27,29-31,33,35,38,41-75H2,1-5H3/p+1/b10-8-,16-14-,22-20-,28-26-,34-32-,37-36-,40-39-. The van der Waals surface area contributed by atoms with Crippen LogP contribution in [-0.2, 0) is 32.7 Å². The van der Waals surface area contributed by atoms with Crippen LogP contribution in [0.3, 0.4) is 0 Å². The zero-order valence-electron chi connectivity index (χ0n) is 58.5. The van der Waals surface area contributed by atoms with Crippen molar-refractivity contribution in [3.8, 4) is 0 Å². The predicted octanol–water partition coefficient (Wildman–Crippen LogP) is 24.5. The summed E-state index contributed by atoms with van der Waals surface area (Å²) in [5.41, 5.74) is 0. The number of likely N-dealkylation sites (N-methyl/N-ethyl adjacent to an activating group) is 1. The van der Waals surface area contributed by atoms with Crippen LogP contribution < -0.4 is 0 Å². The number of hydrogen-bond donors (Lipinski definition) is 1. The molecule has 0 bridgehead atoms. The molecule has 0 heterocycles. The van der Waals surface area contributed by atoms with Crippen LogP contribution in [0.4, 0.5) is 0 Å². The van der Waals surface area contributed by atoms with E-state index in [4.69, 9.17) is 18.5 Å². The molecule has 0 aromatic rings. The summed E-state index contributed by atoms with van der Waals surface area (Å²) in [7, 11) is 1.49. The summed E-state index contributed by atoms with van der Waals surface area (Å²) >= 11 is 0. The molecule has 512 valence electrons. The largest absolute Gasteiger partial charge is 0.472 e. The Morgan fingerprint density at radius 3 is 0.966 bits per heavy atom. The van der Waals surface area contributed by atoms with Crippen molar-refractivity contribution in [2.24, 2.45) is 0 Å². The van der Waals surface area contributed by atoms with Gasteiger partial charge in [0.15, 0.2) is 6.10 Å². The fourth-order valence-corrected chi connectivity index (χ4v) is 11.5. The summed E-state index contributed by atoms with van der Waals surface area (Å²) in [5, 5.41) is 0. The Morgan fingerprint density at radius 2 is 0.648 bits per heavy atom. The van der Waals surface area contributed by atoms with Crippen LogP contribution in [0, 0.1) is 0 Å². The number of nitrogens with zero attached hydrogens (tertiary/aromatic N) is 1. The molecule has 0 spiro atoms. The van der Waals surface area contributed by atoms with Crippen LogP contribution in [0.1, 0.15) is 348 Å². The van der Waals surface area contributed by atoms with Gasteiger partial charge in [-0.05, 0) is 70.6 Å². The molecule has 0 aromatic carbocycles. The van der Waals surface area contributed by atoms with Crippen molar-refractivity contribution in [3.05, 3.63) is 85.1 Å². The number of ether oxygens (including phenoxy) is 2. The van der Waals surface area contributed by atoms with E-state index in [1.165, 1.54) is 238 Å². The lowest BCUT2D eigenvalue weighted by molar-refractivity contribution is -0.870. The molecule has 0 radical (unpaired) electrons. The van der Waals surface area contributed by atoms with E-state index in [0.717, 1.165) is 77.0 Å². The molecule has 0 rings (SSSR count). The molecule has 0 saturated heterocycles. The summed E-state index contributed by atoms with van der Waals surface area (Å²) in [6.07, 6.45) is 94.2. The number of allylic oxidation sites excluding steroid dienone is 14. The first-order valence-corrected chi connectivity index (χ1v) is 38.8. The second-order valence-corrected chi connectivity index (χ2v) is 27.8. The fourth-order valence-electron chi connectivity index (χ4n) is 10.8. The van der Waals surface area contributed by atoms with Gasteiger partial charge in [-0.25, -0.2) is 4.57 Å². The number of esters is 2. The molecule has 0 aliphatic heterocycles. The average molecular weight is 1250 g/mol. The summed E-state index contributed by atoms with van der Waals surface area (Å²) in [4.78, 5) is 35.9. The molecule has 0 aliphatic carbocycles. The SMILES string of the molecule is CC/C=C\C/C=C\C/C=C\C/C=C\C/C=C\C/C=C\C/C=C\CCCCCCCCCCCCCCCCCC(=O)OC(COC(=O)CCCCCCCCCCCCCCCCCCCCCCCCCCCCC)COP(=O)(O)OCC[N+](C)(C)C. The van der Waals surface area contributed by atoms with Gasteiger partial charge in [0.05, 0.1) is 27.7 Å². The van der Waals surface area contributed by atoms with Gasteiger partial charge < -0.3 is 18.9 Å². The Morgan fingerprint density at radius 1 is 0.364 bits per heavy atom. The maximum atomic E-state index is 12.9. The Hall–Kier alpha value is -2.81. The molecule has 0 amide bonds. The van der Waals surface area contributed by atoms with Gasteiger partial charge in [-0.3, -0.25) is 18.6 Å². The third kappa shape index (κ3) is 72.3. The topological polar surface area (TPSA) is 108 Å². The Bertz CT molecular complexity index is 1760. The quantitative estimate of drug-likeness (QED) is 0.0211. The zero-order valence-corrected chi connectivity index (χ0v) is 59.4. The van der Waals surface area contributed by atoms with Gasteiger partial charge in [-0.1, -0.05) is 349 Å². The van der Waals surface area contributed by atoms with Gasteiger partial charge in [0.2, 0.25) is 0 Å². The summed E-state index contributed by atoms with van der Waals surface area (Å²) in [6.45, 7) is 4.38. The van der Waals surface area contributed by atoms with Crippen LogP contribution in [0.15, 0.2) is 85.1 Å². The van der Waals surface area contributed by atoms with Crippen molar-refractivity contribution >= 4 is 19.8 Å². The first-order chi connectivity index (χ1) is 43.0. The molecule has 9 nitrogen and oxygen atoms in total. The van der Waals surface area contributed by atoms with Crippen molar-refractivity contribution in [2.75, 3.05) is 47.5 Å². The summed E-state index contributed by atoms with van der Waals surface area (Å²) < 4.78 is 34.8. The van der Waals surface area contributed by atoms with Crippen LogP contribution in [0.25, 0.3) is 0 Å². The van der Waals surface area contributed by atoms with Crippen molar-refractivity contribution < 1.29 is 42.1 Å². The van der Waals surface area contributed by atoms with Gasteiger partial charge >= 0.3 is 19.8 Å². The van der Waals surface area contributed by atoms with E-state index < -0.39 is 26.5 Å². The smallest absolute Gasteiger partial charge is 0.462 e. The van der Waals surface area contributed by atoms with E-state index in [0.29, 0.717) is 23.9 Å². The highest BCUT2D eigenvalue weighted by atomic mass is 31.2. The van der Waals surface area contributed by atoms with Gasteiger partial charge in [-0.2, -0.15) is 0 Å². The lowest BCUT2D eigenvalue weighted by atomic mass is 10.0. The fraction of sp³-hybridized carbons (Fsp3) is 0.795. The summed E-state index contributed by atoms with van der Waals surface area (Å²) in [5.74, 6) is -0.782. The maximum absolute atomic E-state index is 12.9. The van der Waals surface area contributed by atoms with Crippen LogP contribution in [0.5, 0.6) is 0 Å². The van der Waals surface area contributed by atoms with E-state index in [-0.39, 0.29) is 25.6 Å². The number of hydrogen-bond acceptors (Lipinski definition) is 7. The Kier molecular flexibility index (Phi) is 66.4. The van der Waals surface area contributed by atoms with Crippen LogP contribution in [-0.4, -0.2) is 74.9 Å². The van der Waals surface area contributed by atoms with Gasteiger partial charge in [0.1, 0.15) is 19.8 Å². The Balaban J connectivity index is 3.99. The molecule has 0 aliphatic rings.